The molecular weight excluding hydrogens is 208 g/mol. The fourth-order valence-electron chi connectivity index (χ4n) is 2.46. The van der Waals surface area contributed by atoms with E-state index in [9.17, 15) is 9.59 Å². The molecule has 1 saturated carbocycles. The number of hydrogen-bond acceptors (Lipinski definition) is 2. The summed E-state index contributed by atoms with van der Waals surface area (Å²) in [6.07, 6.45) is 5.53. The number of carbonyl (C=O) groups is 1. The number of aromatic nitrogens is 2. The standard InChI is InChI=1S/C11H16N2O3/c14-9(15)6-8-10(13-11(16)12-8)7-4-2-1-3-5-7/h7H,1-6H2,(H,14,15)(H2,12,13,16). The number of imidazole rings is 1. The van der Waals surface area contributed by atoms with E-state index in [-0.39, 0.29) is 12.1 Å². The Hall–Kier alpha value is -1.52. The van der Waals surface area contributed by atoms with Gasteiger partial charge in [-0.05, 0) is 12.8 Å². The summed E-state index contributed by atoms with van der Waals surface area (Å²) in [4.78, 5) is 27.2. The molecule has 1 heterocycles. The van der Waals surface area contributed by atoms with Crippen LogP contribution in [0.5, 0.6) is 0 Å². The van der Waals surface area contributed by atoms with Crippen molar-refractivity contribution in [3.05, 3.63) is 21.9 Å². The van der Waals surface area contributed by atoms with Gasteiger partial charge in [0, 0.05) is 11.6 Å². The molecule has 0 aromatic carbocycles. The highest BCUT2D eigenvalue weighted by Crippen LogP contribution is 2.32. The first-order valence-electron chi connectivity index (χ1n) is 5.69. The Morgan fingerprint density at radius 2 is 1.94 bits per heavy atom. The van der Waals surface area contributed by atoms with Crippen LogP contribution in [0.4, 0.5) is 0 Å². The van der Waals surface area contributed by atoms with Gasteiger partial charge in [0.15, 0.2) is 0 Å². The molecule has 0 atom stereocenters. The van der Waals surface area contributed by atoms with Gasteiger partial charge in [0.25, 0.3) is 0 Å². The molecule has 1 fully saturated rings. The SMILES string of the molecule is O=C(O)Cc1[nH]c(=O)[nH]c1C1CCCCC1. The summed E-state index contributed by atoms with van der Waals surface area (Å²) in [6.45, 7) is 0. The van der Waals surface area contributed by atoms with Gasteiger partial charge < -0.3 is 15.1 Å². The number of carboxylic acids is 1. The molecular formula is C11H16N2O3. The lowest BCUT2D eigenvalue weighted by molar-refractivity contribution is -0.136. The van der Waals surface area contributed by atoms with Crippen LogP contribution in [0.15, 0.2) is 4.79 Å². The minimum Gasteiger partial charge on any atom is -0.481 e. The van der Waals surface area contributed by atoms with Crippen LogP contribution in [0, 0.1) is 0 Å². The van der Waals surface area contributed by atoms with E-state index in [1.54, 1.807) is 0 Å². The predicted molar refractivity (Wildman–Crippen MR) is 58.6 cm³/mol. The van der Waals surface area contributed by atoms with Gasteiger partial charge in [-0.3, -0.25) is 4.79 Å². The molecule has 0 radical (unpaired) electrons. The van der Waals surface area contributed by atoms with Crippen LogP contribution in [0.25, 0.3) is 0 Å². The Balaban J connectivity index is 2.24. The van der Waals surface area contributed by atoms with E-state index >= 15 is 0 Å². The first kappa shape index (κ1) is 11.0. The molecule has 0 spiro atoms. The van der Waals surface area contributed by atoms with Crippen LogP contribution in [-0.2, 0) is 11.2 Å². The minimum atomic E-state index is -0.910. The molecule has 0 amide bonds. The number of hydrogen-bond donors (Lipinski definition) is 3. The zero-order valence-electron chi connectivity index (χ0n) is 9.08. The van der Waals surface area contributed by atoms with Gasteiger partial charge in [-0.25, -0.2) is 4.79 Å². The molecule has 1 aromatic heterocycles. The van der Waals surface area contributed by atoms with Gasteiger partial charge in [0.2, 0.25) is 0 Å². The van der Waals surface area contributed by atoms with E-state index in [1.165, 1.54) is 6.42 Å². The summed E-state index contributed by atoms with van der Waals surface area (Å²) < 4.78 is 0. The summed E-state index contributed by atoms with van der Waals surface area (Å²) in [5.74, 6) is -0.589. The third kappa shape index (κ3) is 2.35. The second-order valence-electron chi connectivity index (χ2n) is 4.38. The lowest BCUT2D eigenvalue weighted by atomic mass is 9.86. The molecule has 1 aliphatic carbocycles. The third-order valence-electron chi connectivity index (χ3n) is 3.18. The van der Waals surface area contributed by atoms with E-state index in [1.807, 2.05) is 0 Å². The number of nitrogens with one attached hydrogen (secondary N) is 2. The van der Waals surface area contributed by atoms with E-state index in [0.29, 0.717) is 11.6 Å². The highest BCUT2D eigenvalue weighted by molar-refractivity contribution is 5.69. The molecule has 0 saturated heterocycles. The van der Waals surface area contributed by atoms with Crippen molar-refractivity contribution in [1.82, 2.24) is 9.97 Å². The summed E-state index contributed by atoms with van der Waals surface area (Å²) in [5.41, 5.74) is 1.06. The van der Waals surface area contributed by atoms with Crippen LogP contribution >= 0.6 is 0 Å². The van der Waals surface area contributed by atoms with Crippen LogP contribution < -0.4 is 5.69 Å². The first-order chi connectivity index (χ1) is 7.66. The van der Waals surface area contributed by atoms with E-state index < -0.39 is 5.97 Å². The van der Waals surface area contributed by atoms with Gasteiger partial charge >= 0.3 is 11.7 Å². The minimum absolute atomic E-state index is 0.107. The van der Waals surface area contributed by atoms with Gasteiger partial charge in [-0.15, -0.1) is 0 Å². The third-order valence-corrected chi connectivity index (χ3v) is 3.18. The molecule has 5 heteroatoms. The second-order valence-corrected chi connectivity index (χ2v) is 4.38. The summed E-state index contributed by atoms with van der Waals surface area (Å²) in [7, 11) is 0. The zero-order chi connectivity index (χ0) is 11.5. The maximum Gasteiger partial charge on any atom is 0.323 e. The fraction of sp³-hybridized carbons (Fsp3) is 0.636. The van der Waals surface area contributed by atoms with Crippen molar-refractivity contribution in [3.8, 4) is 0 Å². The molecule has 3 N–H and O–H groups in total. The van der Waals surface area contributed by atoms with Crippen LogP contribution in [0.1, 0.15) is 49.4 Å². The molecule has 0 bridgehead atoms. The molecule has 5 nitrogen and oxygen atoms in total. The first-order valence-corrected chi connectivity index (χ1v) is 5.69. The summed E-state index contributed by atoms with van der Waals surface area (Å²) in [6, 6.07) is 0. The second kappa shape index (κ2) is 4.55. The maximum atomic E-state index is 11.2. The number of carboxylic acid groups (broad SMARTS) is 1. The molecule has 1 aromatic rings. The Kier molecular flexibility index (Phi) is 3.12. The van der Waals surface area contributed by atoms with Crippen molar-refractivity contribution >= 4 is 5.97 Å². The van der Waals surface area contributed by atoms with Gasteiger partial charge in [-0.2, -0.15) is 0 Å². The molecule has 0 aliphatic heterocycles. The Morgan fingerprint density at radius 3 is 2.56 bits per heavy atom. The molecule has 0 unspecified atom stereocenters. The Labute approximate surface area is 92.9 Å². The normalized spacial score (nSPS) is 17.5. The Morgan fingerprint density at radius 1 is 1.25 bits per heavy atom. The largest absolute Gasteiger partial charge is 0.481 e. The van der Waals surface area contributed by atoms with Crippen molar-refractivity contribution in [1.29, 1.82) is 0 Å². The summed E-state index contributed by atoms with van der Waals surface area (Å²) >= 11 is 0. The Bertz CT molecular complexity index is 427. The topological polar surface area (TPSA) is 85.9 Å². The fourth-order valence-corrected chi connectivity index (χ4v) is 2.46. The van der Waals surface area contributed by atoms with Gasteiger partial charge in [-0.1, -0.05) is 19.3 Å². The number of H-pyrrole nitrogens is 2. The monoisotopic (exact) mass is 224 g/mol. The lowest BCUT2D eigenvalue weighted by Crippen LogP contribution is -2.10. The molecule has 16 heavy (non-hydrogen) atoms. The van der Waals surface area contributed by atoms with Crippen molar-refractivity contribution in [3.63, 3.8) is 0 Å². The molecule has 88 valence electrons. The van der Waals surface area contributed by atoms with Gasteiger partial charge in [0.1, 0.15) is 0 Å². The van der Waals surface area contributed by atoms with Crippen LogP contribution in [0.2, 0.25) is 0 Å². The molecule has 1 aliphatic rings. The van der Waals surface area contributed by atoms with Crippen molar-refractivity contribution in [2.24, 2.45) is 0 Å². The van der Waals surface area contributed by atoms with E-state index in [2.05, 4.69) is 9.97 Å². The maximum absolute atomic E-state index is 11.2. The van der Waals surface area contributed by atoms with Crippen molar-refractivity contribution < 1.29 is 9.90 Å². The van der Waals surface area contributed by atoms with Gasteiger partial charge in [0.05, 0.1) is 12.1 Å². The zero-order valence-corrected chi connectivity index (χ0v) is 9.08. The molecule has 2 rings (SSSR count). The quantitative estimate of drug-likeness (QED) is 0.725. The van der Waals surface area contributed by atoms with Crippen LogP contribution in [0.3, 0.4) is 0 Å². The van der Waals surface area contributed by atoms with E-state index in [0.717, 1.165) is 31.4 Å². The van der Waals surface area contributed by atoms with Crippen LogP contribution in [-0.4, -0.2) is 21.0 Å². The number of rotatable bonds is 3. The highest BCUT2D eigenvalue weighted by Gasteiger charge is 2.21. The van der Waals surface area contributed by atoms with Crippen molar-refractivity contribution in [2.75, 3.05) is 0 Å². The summed E-state index contributed by atoms with van der Waals surface area (Å²) in [5, 5.41) is 8.76. The number of aliphatic carboxylic acids is 1. The highest BCUT2D eigenvalue weighted by atomic mass is 16.4. The predicted octanol–water partition coefficient (Wildman–Crippen LogP) is 1.38. The van der Waals surface area contributed by atoms with Crippen molar-refractivity contribution in [2.45, 2.75) is 44.4 Å². The van der Waals surface area contributed by atoms with E-state index in [4.69, 9.17) is 5.11 Å². The average molecular weight is 224 g/mol. The number of aromatic amines is 2. The smallest absolute Gasteiger partial charge is 0.323 e. The average Bonchev–Trinajstić information content (AvgIpc) is 2.60. The lowest BCUT2D eigenvalue weighted by Gasteiger charge is -2.21.